The first-order valence-electron chi connectivity index (χ1n) is 6.17. The summed E-state index contributed by atoms with van der Waals surface area (Å²) >= 11 is 0. The van der Waals surface area contributed by atoms with Crippen molar-refractivity contribution in [2.24, 2.45) is 0 Å². The smallest absolute Gasteiger partial charge is 0.305 e. The van der Waals surface area contributed by atoms with E-state index in [0.717, 1.165) is 30.5 Å². The molecular formula is C14H17NO3. The van der Waals surface area contributed by atoms with E-state index in [-0.39, 0.29) is 11.9 Å². The molecule has 0 saturated carbocycles. The molecule has 1 amide bonds. The fourth-order valence-corrected chi connectivity index (χ4v) is 2.14. The first-order valence-corrected chi connectivity index (χ1v) is 6.17. The van der Waals surface area contributed by atoms with Gasteiger partial charge in [0.25, 0.3) is 0 Å². The van der Waals surface area contributed by atoms with Crippen molar-refractivity contribution >= 4 is 17.6 Å². The number of amides is 1. The SMILES string of the molecule is COC(=O)CCCCc1ccc2c(c1)CC(=O)N2. The molecule has 1 N–H and O–H groups in total. The van der Waals surface area contributed by atoms with E-state index in [0.29, 0.717) is 12.8 Å². The largest absolute Gasteiger partial charge is 0.469 e. The summed E-state index contributed by atoms with van der Waals surface area (Å²) < 4.78 is 4.59. The molecule has 1 aliphatic rings. The molecule has 0 aromatic heterocycles. The number of methoxy groups -OCH3 is 1. The number of fused-ring (bicyclic) bond motifs is 1. The normalized spacial score (nSPS) is 13.1. The van der Waals surface area contributed by atoms with Gasteiger partial charge in [0.2, 0.25) is 5.91 Å². The number of anilines is 1. The molecule has 18 heavy (non-hydrogen) atoms. The number of carbonyl (C=O) groups excluding carboxylic acids is 2. The van der Waals surface area contributed by atoms with E-state index in [1.165, 1.54) is 12.7 Å². The van der Waals surface area contributed by atoms with Crippen LogP contribution in [0.25, 0.3) is 0 Å². The first-order chi connectivity index (χ1) is 8.69. The van der Waals surface area contributed by atoms with Crippen LogP contribution in [0.2, 0.25) is 0 Å². The molecule has 0 atom stereocenters. The van der Waals surface area contributed by atoms with Gasteiger partial charge in [-0.1, -0.05) is 12.1 Å². The van der Waals surface area contributed by atoms with Crippen molar-refractivity contribution in [1.29, 1.82) is 0 Å². The number of unbranched alkanes of at least 4 members (excludes halogenated alkanes) is 1. The molecule has 0 saturated heterocycles. The predicted octanol–water partition coefficient (Wildman–Crippen LogP) is 2.07. The van der Waals surface area contributed by atoms with E-state index >= 15 is 0 Å². The van der Waals surface area contributed by atoms with Crippen molar-refractivity contribution in [3.8, 4) is 0 Å². The summed E-state index contributed by atoms with van der Waals surface area (Å²) in [5.74, 6) is -0.0911. The molecule has 0 unspecified atom stereocenters. The number of nitrogens with one attached hydrogen (secondary N) is 1. The average molecular weight is 247 g/mol. The van der Waals surface area contributed by atoms with E-state index in [9.17, 15) is 9.59 Å². The highest BCUT2D eigenvalue weighted by atomic mass is 16.5. The van der Waals surface area contributed by atoms with Crippen molar-refractivity contribution < 1.29 is 14.3 Å². The third kappa shape index (κ3) is 3.09. The number of benzene rings is 1. The number of esters is 1. The van der Waals surface area contributed by atoms with Gasteiger partial charge in [-0.15, -0.1) is 0 Å². The lowest BCUT2D eigenvalue weighted by molar-refractivity contribution is -0.140. The molecule has 1 aromatic carbocycles. The molecule has 0 spiro atoms. The summed E-state index contributed by atoms with van der Waals surface area (Å²) in [4.78, 5) is 22.2. The van der Waals surface area contributed by atoms with Gasteiger partial charge in [0.05, 0.1) is 13.5 Å². The van der Waals surface area contributed by atoms with Gasteiger partial charge >= 0.3 is 5.97 Å². The Bertz CT molecular complexity index is 468. The highest BCUT2D eigenvalue weighted by molar-refractivity contribution is 5.99. The summed E-state index contributed by atoms with van der Waals surface area (Å²) in [5, 5.41) is 2.81. The fourth-order valence-electron chi connectivity index (χ4n) is 2.14. The van der Waals surface area contributed by atoms with E-state index in [1.54, 1.807) is 0 Å². The summed E-state index contributed by atoms with van der Waals surface area (Å²) in [6.07, 6.45) is 3.67. The molecule has 96 valence electrons. The van der Waals surface area contributed by atoms with E-state index in [1.807, 2.05) is 12.1 Å². The maximum atomic E-state index is 11.2. The molecule has 0 bridgehead atoms. The van der Waals surface area contributed by atoms with E-state index in [2.05, 4.69) is 16.1 Å². The Labute approximate surface area is 106 Å². The maximum Gasteiger partial charge on any atom is 0.305 e. The van der Waals surface area contributed by atoms with Crippen LogP contribution in [-0.4, -0.2) is 19.0 Å². The molecule has 4 heteroatoms. The molecule has 4 nitrogen and oxygen atoms in total. The Morgan fingerprint density at radius 1 is 1.39 bits per heavy atom. The first kappa shape index (κ1) is 12.6. The molecule has 2 rings (SSSR count). The lowest BCUT2D eigenvalue weighted by Gasteiger charge is -2.04. The summed E-state index contributed by atoms with van der Waals surface area (Å²) in [6.45, 7) is 0. The van der Waals surface area contributed by atoms with Crippen LogP contribution in [0, 0.1) is 0 Å². The molecule has 1 aliphatic heterocycles. The van der Waals surface area contributed by atoms with Gasteiger partial charge in [0.15, 0.2) is 0 Å². The number of rotatable bonds is 5. The van der Waals surface area contributed by atoms with Crippen molar-refractivity contribution in [2.75, 3.05) is 12.4 Å². The van der Waals surface area contributed by atoms with Crippen molar-refractivity contribution in [3.63, 3.8) is 0 Å². The van der Waals surface area contributed by atoms with Crippen LogP contribution in [0.3, 0.4) is 0 Å². The Hall–Kier alpha value is -1.84. The third-order valence-electron chi connectivity index (χ3n) is 3.12. The average Bonchev–Trinajstić information content (AvgIpc) is 2.73. The number of ether oxygens (including phenoxy) is 1. The minimum Gasteiger partial charge on any atom is -0.469 e. The van der Waals surface area contributed by atoms with E-state index in [4.69, 9.17) is 0 Å². The van der Waals surface area contributed by atoms with Gasteiger partial charge in [0, 0.05) is 12.1 Å². The second kappa shape index (κ2) is 5.67. The summed E-state index contributed by atoms with van der Waals surface area (Å²) in [5.41, 5.74) is 3.22. The van der Waals surface area contributed by atoms with Crippen molar-refractivity contribution in [1.82, 2.24) is 0 Å². The maximum absolute atomic E-state index is 11.2. The number of hydrogen-bond donors (Lipinski definition) is 1. The molecule has 0 radical (unpaired) electrons. The van der Waals surface area contributed by atoms with Gasteiger partial charge in [0.1, 0.15) is 0 Å². The van der Waals surface area contributed by atoms with Gasteiger partial charge in [-0.25, -0.2) is 0 Å². The summed E-state index contributed by atoms with van der Waals surface area (Å²) in [7, 11) is 1.41. The second-order valence-corrected chi connectivity index (χ2v) is 4.50. The van der Waals surface area contributed by atoms with Crippen LogP contribution in [0.5, 0.6) is 0 Å². The fraction of sp³-hybridized carbons (Fsp3) is 0.429. The van der Waals surface area contributed by atoms with E-state index < -0.39 is 0 Å². The van der Waals surface area contributed by atoms with Crippen LogP contribution in [0.15, 0.2) is 18.2 Å². The zero-order valence-corrected chi connectivity index (χ0v) is 10.5. The highest BCUT2D eigenvalue weighted by Gasteiger charge is 2.17. The van der Waals surface area contributed by atoms with Gasteiger partial charge in [-0.05, 0) is 36.5 Å². The molecule has 1 heterocycles. The Kier molecular flexibility index (Phi) is 3.97. The van der Waals surface area contributed by atoms with Crippen LogP contribution >= 0.6 is 0 Å². The second-order valence-electron chi connectivity index (χ2n) is 4.50. The molecule has 0 fully saturated rings. The van der Waals surface area contributed by atoms with Crippen LogP contribution < -0.4 is 5.32 Å². The topological polar surface area (TPSA) is 55.4 Å². The standard InChI is InChI=1S/C14H17NO3/c1-18-14(17)5-3-2-4-10-6-7-12-11(8-10)9-13(16)15-12/h6-8H,2-5,9H2,1H3,(H,15,16). The van der Waals surface area contributed by atoms with Gasteiger partial charge in [-0.3, -0.25) is 9.59 Å². The lowest BCUT2D eigenvalue weighted by Crippen LogP contribution is -2.03. The molecule has 1 aromatic rings. The Morgan fingerprint density at radius 3 is 3.00 bits per heavy atom. The number of aryl methyl sites for hydroxylation is 1. The minimum atomic E-state index is -0.154. The Balaban J connectivity index is 1.82. The highest BCUT2D eigenvalue weighted by Crippen LogP contribution is 2.24. The third-order valence-corrected chi connectivity index (χ3v) is 3.12. The minimum absolute atomic E-state index is 0.0628. The van der Waals surface area contributed by atoms with Crippen LogP contribution in [-0.2, 0) is 27.2 Å². The van der Waals surface area contributed by atoms with Gasteiger partial charge < -0.3 is 10.1 Å². The zero-order chi connectivity index (χ0) is 13.0. The number of hydrogen-bond acceptors (Lipinski definition) is 3. The van der Waals surface area contributed by atoms with Crippen molar-refractivity contribution in [2.45, 2.75) is 32.1 Å². The lowest BCUT2D eigenvalue weighted by atomic mass is 10.0. The monoisotopic (exact) mass is 247 g/mol. The molecular weight excluding hydrogens is 230 g/mol. The van der Waals surface area contributed by atoms with Crippen molar-refractivity contribution in [3.05, 3.63) is 29.3 Å². The summed E-state index contributed by atoms with van der Waals surface area (Å²) in [6, 6.07) is 6.06. The Morgan fingerprint density at radius 2 is 2.22 bits per heavy atom. The predicted molar refractivity (Wildman–Crippen MR) is 68.3 cm³/mol. The number of carbonyl (C=O) groups is 2. The quantitative estimate of drug-likeness (QED) is 0.640. The van der Waals surface area contributed by atoms with Crippen LogP contribution in [0.1, 0.15) is 30.4 Å². The van der Waals surface area contributed by atoms with Gasteiger partial charge in [-0.2, -0.15) is 0 Å². The molecule has 0 aliphatic carbocycles. The van der Waals surface area contributed by atoms with Crippen LogP contribution in [0.4, 0.5) is 5.69 Å². The zero-order valence-electron chi connectivity index (χ0n) is 10.5.